The Labute approximate surface area is 110 Å². The standard InChI is InChI=1S/C12H15ClFNO3/c13-7-3-1-2-4-8-18-10-5-6-12(15(16)17)11(14)9-10/h5-6,9H,1-4,7-8H2. The van der Waals surface area contributed by atoms with Gasteiger partial charge in [-0.15, -0.1) is 11.6 Å². The van der Waals surface area contributed by atoms with E-state index in [2.05, 4.69) is 0 Å². The number of alkyl halides is 1. The minimum Gasteiger partial charge on any atom is -0.493 e. The molecule has 0 heterocycles. The molecule has 0 unspecified atom stereocenters. The number of halogens is 2. The second-order valence-electron chi connectivity index (χ2n) is 3.82. The fourth-order valence-corrected chi connectivity index (χ4v) is 1.65. The van der Waals surface area contributed by atoms with Crippen LogP contribution in [0.15, 0.2) is 18.2 Å². The third-order valence-electron chi connectivity index (χ3n) is 2.41. The van der Waals surface area contributed by atoms with Crippen LogP contribution in [0, 0.1) is 15.9 Å². The maximum Gasteiger partial charge on any atom is 0.305 e. The summed E-state index contributed by atoms with van der Waals surface area (Å²) in [5.74, 6) is 0.101. The van der Waals surface area contributed by atoms with Gasteiger partial charge in [0.15, 0.2) is 0 Å². The lowest BCUT2D eigenvalue weighted by Gasteiger charge is -2.05. The molecule has 1 aromatic rings. The van der Waals surface area contributed by atoms with Crippen LogP contribution in [0.2, 0.25) is 0 Å². The Kier molecular flexibility index (Phi) is 6.43. The minimum absolute atomic E-state index is 0.315. The van der Waals surface area contributed by atoms with E-state index in [0.717, 1.165) is 37.8 Å². The molecule has 0 aliphatic carbocycles. The smallest absolute Gasteiger partial charge is 0.305 e. The van der Waals surface area contributed by atoms with Gasteiger partial charge in [-0.3, -0.25) is 10.1 Å². The molecule has 0 saturated heterocycles. The minimum atomic E-state index is -0.875. The lowest BCUT2D eigenvalue weighted by atomic mass is 10.2. The van der Waals surface area contributed by atoms with Crippen LogP contribution >= 0.6 is 11.6 Å². The van der Waals surface area contributed by atoms with Crippen molar-refractivity contribution in [3.05, 3.63) is 34.1 Å². The first-order valence-electron chi connectivity index (χ1n) is 5.78. The van der Waals surface area contributed by atoms with Crippen molar-refractivity contribution in [3.8, 4) is 5.75 Å². The fourth-order valence-electron chi connectivity index (χ4n) is 1.47. The van der Waals surface area contributed by atoms with Crippen LogP contribution < -0.4 is 4.74 Å². The van der Waals surface area contributed by atoms with Crippen LogP contribution in [0.25, 0.3) is 0 Å². The summed E-state index contributed by atoms with van der Waals surface area (Å²) >= 11 is 5.54. The SMILES string of the molecule is O=[N+]([O-])c1ccc(OCCCCCCCl)cc1F. The van der Waals surface area contributed by atoms with Crippen molar-refractivity contribution < 1.29 is 14.1 Å². The van der Waals surface area contributed by atoms with Gasteiger partial charge in [0.1, 0.15) is 5.75 Å². The number of nitrogens with zero attached hydrogens (tertiary/aromatic N) is 1. The molecule has 1 aromatic carbocycles. The van der Waals surface area contributed by atoms with E-state index in [0.29, 0.717) is 18.2 Å². The zero-order chi connectivity index (χ0) is 13.4. The van der Waals surface area contributed by atoms with E-state index < -0.39 is 16.4 Å². The Hall–Kier alpha value is -1.36. The molecule has 0 saturated carbocycles. The summed E-state index contributed by atoms with van der Waals surface area (Å²) in [7, 11) is 0. The highest BCUT2D eigenvalue weighted by Gasteiger charge is 2.13. The maximum absolute atomic E-state index is 13.2. The number of hydrogen-bond acceptors (Lipinski definition) is 3. The molecular formula is C12H15ClFNO3. The Balaban J connectivity index is 2.35. The third kappa shape index (κ3) is 4.87. The van der Waals surface area contributed by atoms with Crippen LogP contribution in [0.5, 0.6) is 5.75 Å². The van der Waals surface area contributed by atoms with Gasteiger partial charge in [-0.1, -0.05) is 12.8 Å². The fraction of sp³-hybridized carbons (Fsp3) is 0.500. The van der Waals surface area contributed by atoms with E-state index in [1.807, 2.05) is 0 Å². The molecule has 100 valence electrons. The van der Waals surface area contributed by atoms with Crippen molar-refractivity contribution in [1.82, 2.24) is 0 Å². The average molecular weight is 276 g/mol. The second-order valence-corrected chi connectivity index (χ2v) is 4.20. The van der Waals surface area contributed by atoms with Gasteiger partial charge < -0.3 is 4.74 Å². The summed E-state index contributed by atoms with van der Waals surface area (Å²) < 4.78 is 18.5. The summed E-state index contributed by atoms with van der Waals surface area (Å²) in [5, 5.41) is 10.4. The first-order chi connectivity index (χ1) is 8.65. The molecular weight excluding hydrogens is 261 g/mol. The largest absolute Gasteiger partial charge is 0.493 e. The van der Waals surface area contributed by atoms with Gasteiger partial charge in [0.25, 0.3) is 0 Å². The van der Waals surface area contributed by atoms with Crippen molar-refractivity contribution >= 4 is 17.3 Å². The van der Waals surface area contributed by atoms with E-state index in [1.54, 1.807) is 0 Å². The number of hydrogen-bond donors (Lipinski definition) is 0. The van der Waals surface area contributed by atoms with E-state index in [1.165, 1.54) is 6.07 Å². The molecule has 0 N–H and O–H groups in total. The normalized spacial score (nSPS) is 10.3. The van der Waals surface area contributed by atoms with Gasteiger partial charge in [-0.2, -0.15) is 4.39 Å². The number of unbranched alkanes of at least 4 members (excludes halogenated alkanes) is 3. The van der Waals surface area contributed by atoms with Crippen LogP contribution in [-0.2, 0) is 0 Å². The summed E-state index contributed by atoms with van der Waals surface area (Å²) in [6.07, 6.45) is 3.88. The molecule has 6 heteroatoms. The highest BCUT2D eigenvalue weighted by atomic mass is 35.5. The molecule has 4 nitrogen and oxygen atoms in total. The third-order valence-corrected chi connectivity index (χ3v) is 2.68. The molecule has 0 amide bonds. The van der Waals surface area contributed by atoms with E-state index in [9.17, 15) is 14.5 Å². The number of ether oxygens (including phenoxy) is 1. The Morgan fingerprint density at radius 3 is 2.61 bits per heavy atom. The highest BCUT2D eigenvalue weighted by Crippen LogP contribution is 2.22. The first-order valence-corrected chi connectivity index (χ1v) is 6.31. The first kappa shape index (κ1) is 14.7. The summed E-state index contributed by atoms with van der Waals surface area (Å²) in [6, 6.07) is 3.55. The molecule has 0 aromatic heterocycles. The van der Waals surface area contributed by atoms with Crippen LogP contribution in [0.4, 0.5) is 10.1 Å². The predicted molar refractivity (Wildman–Crippen MR) is 67.7 cm³/mol. The molecule has 0 atom stereocenters. The van der Waals surface area contributed by atoms with Crippen LogP contribution in [0.3, 0.4) is 0 Å². The van der Waals surface area contributed by atoms with E-state index in [4.69, 9.17) is 16.3 Å². The van der Waals surface area contributed by atoms with Gasteiger partial charge in [0.05, 0.1) is 11.5 Å². The van der Waals surface area contributed by atoms with E-state index >= 15 is 0 Å². The number of nitro benzene ring substituents is 1. The van der Waals surface area contributed by atoms with Gasteiger partial charge in [0, 0.05) is 18.0 Å². The molecule has 0 aliphatic rings. The topological polar surface area (TPSA) is 52.4 Å². The zero-order valence-corrected chi connectivity index (χ0v) is 10.7. The molecule has 18 heavy (non-hydrogen) atoms. The monoisotopic (exact) mass is 275 g/mol. The Morgan fingerprint density at radius 2 is 2.00 bits per heavy atom. The van der Waals surface area contributed by atoms with Gasteiger partial charge in [-0.25, -0.2) is 0 Å². The van der Waals surface area contributed by atoms with Crippen LogP contribution in [0.1, 0.15) is 25.7 Å². The van der Waals surface area contributed by atoms with Crippen molar-refractivity contribution in [2.45, 2.75) is 25.7 Å². The molecule has 0 aliphatic heterocycles. The average Bonchev–Trinajstić information content (AvgIpc) is 2.33. The van der Waals surface area contributed by atoms with Crippen LogP contribution in [-0.4, -0.2) is 17.4 Å². The van der Waals surface area contributed by atoms with Gasteiger partial charge in [0.2, 0.25) is 5.82 Å². The van der Waals surface area contributed by atoms with E-state index in [-0.39, 0.29) is 0 Å². The maximum atomic E-state index is 13.2. The molecule has 0 radical (unpaired) electrons. The molecule has 1 rings (SSSR count). The Bertz CT molecular complexity index is 401. The second kappa shape index (κ2) is 7.87. The summed E-state index contributed by atoms with van der Waals surface area (Å²) in [4.78, 5) is 9.65. The van der Waals surface area contributed by atoms with Crippen molar-refractivity contribution in [1.29, 1.82) is 0 Å². The number of benzene rings is 1. The number of nitro groups is 1. The molecule has 0 spiro atoms. The molecule has 0 bridgehead atoms. The predicted octanol–water partition coefficient (Wildman–Crippen LogP) is 3.91. The summed E-state index contributed by atoms with van der Waals surface area (Å²) in [6.45, 7) is 0.472. The van der Waals surface area contributed by atoms with Crippen molar-refractivity contribution in [2.75, 3.05) is 12.5 Å². The summed E-state index contributed by atoms with van der Waals surface area (Å²) in [5.41, 5.74) is -0.538. The van der Waals surface area contributed by atoms with Gasteiger partial charge in [-0.05, 0) is 18.9 Å². The zero-order valence-electron chi connectivity index (χ0n) is 9.90. The quantitative estimate of drug-likeness (QED) is 0.313. The Morgan fingerprint density at radius 1 is 1.28 bits per heavy atom. The highest BCUT2D eigenvalue weighted by molar-refractivity contribution is 6.17. The lowest BCUT2D eigenvalue weighted by molar-refractivity contribution is -0.387. The van der Waals surface area contributed by atoms with Crippen molar-refractivity contribution in [2.24, 2.45) is 0 Å². The van der Waals surface area contributed by atoms with Crippen molar-refractivity contribution in [3.63, 3.8) is 0 Å². The molecule has 0 fully saturated rings. The van der Waals surface area contributed by atoms with Gasteiger partial charge >= 0.3 is 5.69 Å². The number of rotatable bonds is 8. The lowest BCUT2D eigenvalue weighted by Crippen LogP contribution is -1.99.